The highest BCUT2D eigenvalue weighted by atomic mass is 127. The van der Waals surface area contributed by atoms with Gasteiger partial charge in [0.05, 0.1) is 25.1 Å². The number of imide groups is 1. The van der Waals surface area contributed by atoms with Crippen molar-refractivity contribution < 1.29 is 63.1 Å². The van der Waals surface area contributed by atoms with Gasteiger partial charge in [0, 0.05) is 48.5 Å². The molecule has 2 saturated heterocycles. The van der Waals surface area contributed by atoms with Crippen molar-refractivity contribution in [2.24, 2.45) is 17.8 Å². The zero-order chi connectivity index (χ0) is 60.6. The van der Waals surface area contributed by atoms with E-state index < -0.39 is 104 Å². The van der Waals surface area contributed by atoms with Crippen molar-refractivity contribution in [1.29, 1.82) is 0 Å². The first-order valence-corrected chi connectivity index (χ1v) is 29.5. The van der Waals surface area contributed by atoms with Gasteiger partial charge < -0.3 is 66.2 Å². The number of anilines is 2. The normalized spacial score (nSPS) is 20.9. The van der Waals surface area contributed by atoms with Crippen LogP contribution in [0.1, 0.15) is 137 Å². The second-order valence-corrected chi connectivity index (χ2v) is 24.0. The second kappa shape index (κ2) is 31.0. The third-order valence-electron chi connectivity index (χ3n) is 15.6. The van der Waals surface area contributed by atoms with Gasteiger partial charge in [-0.15, -0.1) is 0 Å². The predicted octanol–water partition coefficient (Wildman–Crippen LogP) is 3.86. The van der Waals surface area contributed by atoms with Gasteiger partial charge in [-0.2, -0.15) is 0 Å². The van der Waals surface area contributed by atoms with Crippen LogP contribution in [0, 0.1) is 17.8 Å². The van der Waals surface area contributed by atoms with Crippen LogP contribution in [0.4, 0.5) is 16.3 Å². The molecule has 26 heteroatoms. The Morgan fingerprint density at radius 2 is 1.61 bits per heavy atom. The lowest BCUT2D eigenvalue weighted by molar-refractivity contribution is -0.185. The zero-order valence-corrected chi connectivity index (χ0v) is 51.0. The smallest absolute Gasteiger partial charge is 0.410 e. The van der Waals surface area contributed by atoms with Gasteiger partial charge in [0.25, 0.3) is 0 Å². The summed E-state index contributed by atoms with van der Waals surface area (Å²) in [5.74, 6) is -2.77. The summed E-state index contributed by atoms with van der Waals surface area (Å²) in [5.41, 5.74) is 1.78. The Balaban J connectivity index is 1.03. The number of aliphatic hydroxyl groups is 3. The summed E-state index contributed by atoms with van der Waals surface area (Å²) in [4.78, 5) is 125. The van der Waals surface area contributed by atoms with Crippen molar-refractivity contribution in [1.82, 2.24) is 50.6 Å². The first kappa shape index (κ1) is 66.7. The third kappa shape index (κ3) is 17.5. The maximum Gasteiger partial charge on any atom is 0.410 e. The number of aromatic amines is 1. The van der Waals surface area contributed by atoms with Crippen LogP contribution in [0.5, 0.6) is 0 Å². The summed E-state index contributed by atoms with van der Waals surface area (Å²) >= 11 is 2.32. The first-order valence-electron chi connectivity index (χ1n) is 28.5. The second-order valence-electron chi connectivity index (χ2n) is 21.8. The van der Waals surface area contributed by atoms with Crippen LogP contribution in [-0.4, -0.2) is 184 Å². The average Bonchev–Trinajstić information content (AvgIpc) is 4.20. The fraction of sp³-hybridized carbons (Fsp3) is 0.661. The fourth-order valence-corrected chi connectivity index (χ4v) is 10.9. The SMILES string of the molecule is CCCCC(I)(CC)C1CC(=O)N(CCC(=O)N[C@H](C(=O)N[C@@H](C)C(=O)Nc2ccc(COC(=O)N(C)CC(=O)N(C)CC(=O)N[C@@H]3[C@@H](O)[C@H](O)[C@@H](Nc4ncnc5nc(C(CC)CC(CC)CC)[nH]c45)O[C@H]3CO)cc2)C(C)C)C1=O. The van der Waals surface area contributed by atoms with Crippen LogP contribution in [-0.2, 0) is 49.6 Å². The van der Waals surface area contributed by atoms with Crippen molar-refractivity contribution in [3.05, 3.63) is 42.0 Å². The lowest BCUT2D eigenvalue weighted by atomic mass is 9.84. The van der Waals surface area contributed by atoms with Gasteiger partial charge in [0.1, 0.15) is 61.2 Å². The van der Waals surface area contributed by atoms with E-state index in [0.717, 1.165) is 71.9 Å². The number of hydrogen-bond acceptors (Lipinski definition) is 17. The molecule has 82 heavy (non-hydrogen) atoms. The van der Waals surface area contributed by atoms with Gasteiger partial charge in [-0.1, -0.05) is 109 Å². The molecule has 0 aliphatic carbocycles. The van der Waals surface area contributed by atoms with E-state index in [-0.39, 0.29) is 58.9 Å². The Morgan fingerprint density at radius 3 is 2.23 bits per heavy atom. The number of aromatic nitrogens is 4. The number of hydrogen-bond donors (Lipinski definition) is 9. The number of ether oxygens (including phenoxy) is 2. The fourth-order valence-electron chi connectivity index (χ4n) is 10.1. The van der Waals surface area contributed by atoms with Crippen LogP contribution in [0.25, 0.3) is 11.2 Å². The molecule has 1 aromatic carbocycles. The van der Waals surface area contributed by atoms with Crippen molar-refractivity contribution in [2.45, 2.75) is 178 Å². The number of fused-ring (bicyclic) bond motifs is 1. The topological polar surface area (TPSA) is 340 Å². The molecule has 0 saturated carbocycles. The van der Waals surface area contributed by atoms with E-state index in [2.05, 4.69) is 91.8 Å². The van der Waals surface area contributed by atoms with Crippen molar-refractivity contribution >= 4 is 92.7 Å². The summed E-state index contributed by atoms with van der Waals surface area (Å²) < 4.78 is 11.0. The molecule has 454 valence electrons. The maximum atomic E-state index is 13.4. The molecule has 5 rings (SSSR count). The highest BCUT2D eigenvalue weighted by Gasteiger charge is 2.49. The summed E-state index contributed by atoms with van der Waals surface area (Å²) in [6, 6.07) is 3.00. The molecule has 3 unspecified atom stereocenters. The van der Waals surface area contributed by atoms with Gasteiger partial charge in [-0.05, 0) is 62.1 Å². The Hall–Kier alpha value is -6.10. The maximum absolute atomic E-state index is 13.4. The van der Waals surface area contributed by atoms with E-state index in [4.69, 9.17) is 14.5 Å². The van der Waals surface area contributed by atoms with E-state index in [9.17, 15) is 53.7 Å². The molecule has 0 spiro atoms. The molecule has 10 atom stereocenters. The highest BCUT2D eigenvalue weighted by molar-refractivity contribution is 14.1. The Bertz CT molecular complexity index is 2670. The van der Waals surface area contributed by atoms with Crippen molar-refractivity contribution in [2.75, 3.05) is 51.0 Å². The molecule has 9 N–H and O–H groups in total. The quantitative estimate of drug-likeness (QED) is 0.0260. The first-order chi connectivity index (χ1) is 38.9. The van der Waals surface area contributed by atoms with Crippen LogP contribution < -0.4 is 26.6 Å². The van der Waals surface area contributed by atoms with Crippen LogP contribution in [0.3, 0.4) is 0 Å². The number of imidazole rings is 1. The molecule has 8 amide bonds. The summed E-state index contributed by atoms with van der Waals surface area (Å²) in [7, 11) is 2.67. The number of rotatable bonds is 30. The number of likely N-dealkylation sites (tertiary alicyclic amines) is 1. The van der Waals surface area contributed by atoms with E-state index >= 15 is 0 Å². The number of carbonyl (C=O) groups is 8. The van der Waals surface area contributed by atoms with Crippen LogP contribution in [0.2, 0.25) is 0 Å². The monoisotopic (exact) mass is 1260 g/mol. The lowest BCUT2D eigenvalue weighted by Crippen LogP contribution is -2.66. The number of alkyl halides is 1. The summed E-state index contributed by atoms with van der Waals surface area (Å²) in [6.07, 6.45) is 2.02. The summed E-state index contributed by atoms with van der Waals surface area (Å²) in [6.45, 7) is 13.5. The van der Waals surface area contributed by atoms with Gasteiger partial charge in [-0.25, -0.2) is 19.7 Å². The molecule has 0 radical (unpaired) electrons. The van der Waals surface area contributed by atoms with Crippen molar-refractivity contribution in [3.8, 4) is 0 Å². The average molecular weight is 1260 g/mol. The number of nitrogens with one attached hydrogen (secondary N) is 6. The minimum absolute atomic E-state index is 0.102. The minimum atomic E-state index is -1.63. The molecule has 2 aliphatic heterocycles. The van der Waals surface area contributed by atoms with Crippen LogP contribution >= 0.6 is 22.6 Å². The number of H-pyrrole nitrogens is 1. The van der Waals surface area contributed by atoms with E-state index in [1.807, 2.05) is 6.92 Å². The Kier molecular flexibility index (Phi) is 25.2. The molecule has 3 aromatic rings. The number of halogens is 1. The molecular weight excluding hydrogens is 1180 g/mol. The molecule has 2 fully saturated rings. The van der Waals surface area contributed by atoms with Gasteiger partial charge in [0.2, 0.25) is 41.4 Å². The molecule has 4 heterocycles. The number of likely N-dealkylation sites (N-methyl/N-ethyl adjacent to an activating group) is 2. The largest absolute Gasteiger partial charge is 0.445 e. The number of amides is 8. The lowest BCUT2D eigenvalue weighted by Gasteiger charge is -2.42. The summed E-state index contributed by atoms with van der Waals surface area (Å²) in [5, 5.41) is 46.3. The molecular formula is C56H85IN12O13. The van der Waals surface area contributed by atoms with Gasteiger partial charge in [0.15, 0.2) is 17.7 Å². The standard InChI is InChI=1S/C56H85IN12O13/c1-11-16-22-56(57,15-5)37-25-41(73)69(54(37)79)23-21-39(71)62-43(31(6)7)52(78)60-32(8)51(77)61-36-19-17-34(18-20-36)29-81-55(80)68(10)27-42(74)67(9)26-40(72)63-44-38(28-70)82-53(47(76)46(44)75)66-50-45-49(58-30-59-50)65-48(64-45)35(14-4)24-33(12-2)13-3/h17-20,30-33,35,37-38,43-44,46-47,53,70,75-76H,11-16,21-29H2,1-10H3,(H,60,78)(H,61,77)(H,62,71)(H,63,72)(H2,58,59,64,65,66)/t32-,35?,37?,38-,43-,44-,46+,47-,53-,56?/m0/s1. The van der Waals surface area contributed by atoms with Crippen molar-refractivity contribution in [3.63, 3.8) is 0 Å². The Morgan fingerprint density at radius 1 is 0.915 bits per heavy atom. The number of benzene rings is 1. The van der Waals surface area contributed by atoms with E-state index in [0.29, 0.717) is 28.3 Å². The molecule has 2 aliphatic rings. The number of unbranched alkanes of at least 4 members (excludes halogenated alkanes) is 1. The van der Waals surface area contributed by atoms with E-state index in [1.54, 1.807) is 38.1 Å². The van der Waals surface area contributed by atoms with Gasteiger partial charge >= 0.3 is 6.09 Å². The number of nitrogens with zero attached hydrogens (tertiary/aromatic N) is 6. The Labute approximate surface area is 493 Å². The predicted molar refractivity (Wildman–Crippen MR) is 313 cm³/mol. The zero-order valence-electron chi connectivity index (χ0n) is 48.8. The minimum Gasteiger partial charge on any atom is -0.445 e. The third-order valence-corrected chi connectivity index (χ3v) is 17.6. The number of aliphatic hydroxyl groups excluding tert-OH is 3. The number of carbonyl (C=O) groups excluding carboxylic acids is 8. The van der Waals surface area contributed by atoms with Crippen LogP contribution in [0.15, 0.2) is 30.6 Å². The van der Waals surface area contributed by atoms with Gasteiger partial charge in [-0.3, -0.25) is 38.5 Å². The molecule has 25 nitrogen and oxygen atoms in total. The molecule has 0 bridgehead atoms. The van der Waals surface area contributed by atoms with E-state index in [1.165, 1.54) is 27.3 Å². The molecule has 2 aromatic heterocycles. The highest BCUT2D eigenvalue weighted by Crippen LogP contribution is 2.43.